The lowest BCUT2D eigenvalue weighted by Gasteiger charge is -2.34. The van der Waals surface area contributed by atoms with E-state index in [2.05, 4.69) is 24.5 Å². The van der Waals surface area contributed by atoms with Gasteiger partial charge in [0.1, 0.15) is 0 Å². The summed E-state index contributed by atoms with van der Waals surface area (Å²) in [5, 5.41) is 6.14. The second kappa shape index (κ2) is 14.9. The topological polar surface area (TPSA) is 50.4 Å². The van der Waals surface area contributed by atoms with Crippen LogP contribution in [0.5, 0.6) is 0 Å². The summed E-state index contributed by atoms with van der Waals surface area (Å²) in [5.74, 6) is 0.101. The summed E-state index contributed by atoms with van der Waals surface area (Å²) in [6, 6.07) is 0. The van der Waals surface area contributed by atoms with Crippen LogP contribution in [0.15, 0.2) is 0 Å². The van der Waals surface area contributed by atoms with Crippen molar-refractivity contribution in [3.8, 4) is 0 Å². The molecule has 4 heteroatoms. The van der Waals surface area contributed by atoms with Gasteiger partial charge in [-0.25, -0.2) is 0 Å². The molecule has 1 amide bonds. The molecular weight excluding hydrogens is 288 g/mol. The fourth-order valence-corrected chi connectivity index (χ4v) is 2.52. The Morgan fingerprint density at radius 1 is 1.04 bits per heavy atom. The average Bonchev–Trinajstić information content (AvgIpc) is 2.46. The first kappa shape index (κ1) is 27.2. The molecule has 0 atom stereocenters. The molecule has 4 nitrogen and oxygen atoms in total. The third-order valence-corrected chi connectivity index (χ3v) is 3.03. The van der Waals surface area contributed by atoms with Crippen LogP contribution < -0.4 is 10.6 Å². The van der Waals surface area contributed by atoms with Crippen molar-refractivity contribution < 1.29 is 9.53 Å². The van der Waals surface area contributed by atoms with Crippen LogP contribution in [0.4, 0.5) is 0 Å². The Kier molecular flexibility index (Phi) is 17.7. The molecular formula is C19H44N2O2. The summed E-state index contributed by atoms with van der Waals surface area (Å²) < 4.78 is 5.42. The highest BCUT2D eigenvalue weighted by molar-refractivity contribution is 5.81. The quantitative estimate of drug-likeness (QED) is 0.621. The van der Waals surface area contributed by atoms with Gasteiger partial charge in [-0.2, -0.15) is 0 Å². The Labute approximate surface area is 146 Å². The van der Waals surface area contributed by atoms with Crippen LogP contribution in [0.3, 0.4) is 0 Å². The van der Waals surface area contributed by atoms with Crippen molar-refractivity contribution in [2.45, 2.75) is 81.8 Å². The standard InChI is InChI=1S/C15H32N2O2.2C2H6/c1-12(2)19-9-8-17-13(18)15(5,6)10-14(3,4)11-16-7;2*1-2/h12,16H,8-11H2,1-7H3,(H,17,18);2*1-2H3. The van der Waals surface area contributed by atoms with Gasteiger partial charge in [0.25, 0.3) is 0 Å². The number of hydrogen-bond acceptors (Lipinski definition) is 3. The van der Waals surface area contributed by atoms with Gasteiger partial charge in [0.2, 0.25) is 5.91 Å². The van der Waals surface area contributed by atoms with Gasteiger partial charge in [-0.15, -0.1) is 0 Å². The molecule has 0 aliphatic heterocycles. The van der Waals surface area contributed by atoms with Gasteiger partial charge in [0, 0.05) is 12.0 Å². The number of carbonyl (C=O) groups is 1. The molecule has 0 aromatic carbocycles. The van der Waals surface area contributed by atoms with E-state index in [1.54, 1.807) is 0 Å². The van der Waals surface area contributed by atoms with Gasteiger partial charge >= 0.3 is 0 Å². The fourth-order valence-electron chi connectivity index (χ4n) is 2.52. The van der Waals surface area contributed by atoms with Crippen molar-refractivity contribution in [2.24, 2.45) is 10.8 Å². The number of amides is 1. The molecule has 0 unspecified atom stereocenters. The largest absolute Gasteiger partial charge is 0.377 e. The van der Waals surface area contributed by atoms with Crippen LogP contribution in [0, 0.1) is 10.8 Å². The Hall–Kier alpha value is -0.610. The summed E-state index contributed by atoms with van der Waals surface area (Å²) in [6.07, 6.45) is 1.05. The number of nitrogens with one attached hydrogen (secondary N) is 2. The molecule has 0 heterocycles. The second-order valence-electron chi connectivity index (χ2n) is 6.93. The smallest absolute Gasteiger partial charge is 0.225 e. The zero-order chi connectivity index (χ0) is 19.1. The lowest BCUT2D eigenvalue weighted by Crippen LogP contribution is -2.42. The first-order chi connectivity index (χ1) is 10.6. The van der Waals surface area contributed by atoms with Gasteiger partial charge in [-0.3, -0.25) is 4.79 Å². The van der Waals surface area contributed by atoms with Crippen LogP contribution >= 0.6 is 0 Å². The molecule has 0 aromatic heterocycles. The average molecular weight is 333 g/mol. The molecule has 2 N–H and O–H groups in total. The lowest BCUT2D eigenvalue weighted by molar-refractivity contribution is -0.131. The highest BCUT2D eigenvalue weighted by atomic mass is 16.5. The zero-order valence-electron chi connectivity index (χ0n) is 17.7. The second-order valence-corrected chi connectivity index (χ2v) is 6.93. The van der Waals surface area contributed by atoms with E-state index >= 15 is 0 Å². The predicted octanol–water partition coefficient (Wildman–Crippen LogP) is 4.24. The first-order valence-corrected chi connectivity index (χ1v) is 9.15. The van der Waals surface area contributed by atoms with Crippen LogP contribution in [-0.4, -0.2) is 38.8 Å². The van der Waals surface area contributed by atoms with E-state index in [1.807, 2.05) is 62.4 Å². The molecule has 0 aliphatic carbocycles. The normalized spacial score (nSPS) is 11.1. The molecule has 0 rings (SSSR count). The van der Waals surface area contributed by atoms with Crippen molar-refractivity contribution in [3.63, 3.8) is 0 Å². The molecule has 0 bridgehead atoms. The van der Waals surface area contributed by atoms with Crippen molar-refractivity contribution in [1.29, 1.82) is 0 Å². The highest BCUT2D eigenvalue weighted by Gasteiger charge is 2.34. The number of carbonyl (C=O) groups excluding carboxylic acids is 1. The number of ether oxygens (including phenoxy) is 1. The minimum atomic E-state index is -0.363. The molecule has 0 saturated carbocycles. The lowest BCUT2D eigenvalue weighted by atomic mass is 9.74. The van der Waals surface area contributed by atoms with Crippen LogP contribution in [0.2, 0.25) is 0 Å². The predicted molar refractivity (Wildman–Crippen MR) is 103 cm³/mol. The summed E-state index contributed by atoms with van der Waals surface area (Å²) in [5.41, 5.74) is -0.262. The molecule has 142 valence electrons. The van der Waals surface area contributed by atoms with E-state index in [0.717, 1.165) is 13.0 Å². The highest BCUT2D eigenvalue weighted by Crippen LogP contribution is 2.33. The Morgan fingerprint density at radius 2 is 1.52 bits per heavy atom. The van der Waals surface area contributed by atoms with Crippen LogP contribution in [-0.2, 0) is 9.53 Å². The van der Waals surface area contributed by atoms with Crippen LogP contribution in [0.25, 0.3) is 0 Å². The van der Waals surface area contributed by atoms with E-state index in [4.69, 9.17) is 4.74 Å². The maximum atomic E-state index is 12.2. The summed E-state index contributed by atoms with van der Waals surface area (Å²) in [6.45, 7) is 22.4. The van der Waals surface area contributed by atoms with Crippen molar-refractivity contribution in [1.82, 2.24) is 10.6 Å². The Bertz CT molecular complexity index is 275. The van der Waals surface area contributed by atoms with E-state index in [9.17, 15) is 4.79 Å². The van der Waals surface area contributed by atoms with Gasteiger partial charge in [-0.1, -0.05) is 55.4 Å². The maximum Gasteiger partial charge on any atom is 0.225 e. The maximum absolute atomic E-state index is 12.2. The molecule has 0 fully saturated rings. The summed E-state index contributed by atoms with van der Waals surface area (Å²) >= 11 is 0. The van der Waals surface area contributed by atoms with E-state index in [1.165, 1.54) is 0 Å². The van der Waals surface area contributed by atoms with E-state index in [-0.39, 0.29) is 22.8 Å². The Morgan fingerprint density at radius 3 is 1.91 bits per heavy atom. The van der Waals surface area contributed by atoms with Crippen molar-refractivity contribution >= 4 is 5.91 Å². The third kappa shape index (κ3) is 16.0. The SMILES string of the molecule is CC.CC.CNCC(C)(C)CC(C)(C)C(=O)NCCOC(C)C. The van der Waals surface area contributed by atoms with Crippen molar-refractivity contribution in [2.75, 3.05) is 26.7 Å². The summed E-state index contributed by atoms with van der Waals surface area (Å²) in [4.78, 5) is 12.2. The number of rotatable bonds is 9. The monoisotopic (exact) mass is 332 g/mol. The minimum Gasteiger partial charge on any atom is -0.377 e. The number of hydrogen-bond donors (Lipinski definition) is 2. The van der Waals surface area contributed by atoms with Crippen LogP contribution in [0.1, 0.15) is 75.7 Å². The molecule has 23 heavy (non-hydrogen) atoms. The van der Waals surface area contributed by atoms with E-state index < -0.39 is 0 Å². The molecule has 0 aromatic rings. The third-order valence-electron chi connectivity index (χ3n) is 3.03. The molecule has 0 saturated heterocycles. The summed E-state index contributed by atoms with van der Waals surface area (Å²) in [7, 11) is 1.94. The van der Waals surface area contributed by atoms with E-state index in [0.29, 0.717) is 13.2 Å². The minimum absolute atomic E-state index is 0.101. The first-order valence-electron chi connectivity index (χ1n) is 9.15. The van der Waals surface area contributed by atoms with Gasteiger partial charge in [0.15, 0.2) is 0 Å². The fraction of sp³-hybridized carbons (Fsp3) is 0.947. The molecule has 0 spiro atoms. The van der Waals surface area contributed by atoms with Gasteiger partial charge in [0.05, 0.1) is 12.7 Å². The molecule has 0 aliphatic rings. The Balaban J connectivity index is -0.000000919. The van der Waals surface area contributed by atoms with Crippen molar-refractivity contribution in [3.05, 3.63) is 0 Å². The zero-order valence-corrected chi connectivity index (χ0v) is 17.7. The molecule has 0 radical (unpaired) electrons. The van der Waals surface area contributed by atoms with Gasteiger partial charge < -0.3 is 15.4 Å². The van der Waals surface area contributed by atoms with Gasteiger partial charge in [-0.05, 0) is 39.3 Å².